The van der Waals surface area contributed by atoms with E-state index in [2.05, 4.69) is 29.4 Å². The summed E-state index contributed by atoms with van der Waals surface area (Å²) in [5.41, 5.74) is 0.754. The maximum absolute atomic E-state index is 12.0. The third-order valence-electron chi connectivity index (χ3n) is 3.13. The van der Waals surface area contributed by atoms with Gasteiger partial charge < -0.3 is 9.47 Å². The first-order valence-electron chi connectivity index (χ1n) is 7.55. The lowest BCUT2D eigenvalue weighted by Gasteiger charge is -2.07. The van der Waals surface area contributed by atoms with E-state index >= 15 is 0 Å². The monoisotopic (exact) mass is 347 g/mol. The normalized spacial score (nSPS) is 11.0. The molecule has 1 amide bonds. The van der Waals surface area contributed by atoms with Crippen molar-refractivity contribution >= 4 is 28.5 Å². The maximum Gasteiger partial charge on any atom is 0.250 e. The van der Waals surface area contributed by atoms with Crippen molar-refractivity contribution in [1.29, 1.82) is 0 Å². The van der Waals surface area contributed by atoms with Crippen molar-refractivity contribution in [3.63, 3.8) is 0 Å². The molecular formula is C17H21N3O3S. The van der Waals surface area contributed by atoms with Crippen LogP contribution in [0.1, 0.15) is 24.4 Å². The zero-order valence-electron chi connectivity index (χ0n) is 14.2. The predicted octanol–water partition coefficient (Wildman–Crippen LogP) is 3.41. The summed E-state index contributed by atoms with van der Waals surface area (Å²) in [6.45, 7) is 4.23. The molecule has 1 N–H and O–H groups in total. The van der Waals surface area contributed by atoms with Gasteiger partial charge in [0.1, 0.15) is 16.5 Å². The van der Waals surface area contributed by atoms with E-state index in [9.17, 15) is 4.79 Å². The van der Waals surface area contributed by atoms with Gasteiger partial charge in [0.25, 0.3) is 0 Å². The molecule has 0 saturated heterocycles. The van der Waals surface area contributed by atoms with Crippen LogP contribution < -0.4 is 14.8 Å². The number of aromatic nitrogens is 2. The highest BCUT2D eigenvalue weighted by atomic mass is 32.1. The molecule has 7 heteroatoms. The SMILES string of the molecule is COc1ccc(OC)c(/C=C/C(=O)Nc2nnc(CC(C)C)s2)c1. The number of carbonyl (C=O) groups is 1. The molecule has 2 rings (SSSR count). The second-order valence-corrected chi connectivity index (χ2v) is 6.59. The smallest absolute Gasteiger partial charge is 0.250 e. The first-order valence-corrected chi connectivity index (χ1v) is 8.37. The Balaban J connectivity index is 2.04. The van der Waals surface area contributed by atoms with Crippen molar-refractivity contribution in [1.82, 2.24) is 10.2 Å². The number of hydrogen-bond acceptors (Lipinski definition) is 6. The number of nitrogens with zero attached hydrogens (tertiary/aromatic N) is 2. The Morgan fingerprint density at radius 3 is 2.75 bits per heavy atom. The second-order valence-electron chi connectivity index (χ2n) is 5.53. The Labute approximate surface area is 145 Å². The topological polar surface area (TPSA) is 73.3 Å². The highest BCUT2D eigenvalue weighted by molar-refractivity contribution is 7.15. The lowest BCUT2D eigenvalue weighted by Crippen LogP contribution is -2.07. The molecule has 0 bridgehead atoms. The van der Waals surface area contributed by atoms with Gasteiger partial charge in [-0.3, -0.25) is 10.1 Å². The Morgan fingerprint density at radius 2 is 2.08 bits per heavy atom. The van der Waals surface area contributed by atoms with Crippen LogP contribution in [-0.2, 0) is 11.2 Å². The number of carbonyl (C=O) groups excluding carboxylic acids is 1. The summed E-state index contributed by atoms with van der Waals surface area (Å²) in [7, 11) is 3.17. The number of nitrogens with one attached hydrogen (secondary N) is 1. The Bertz CT molecular complexity index is 726. The first-order chi connectivity index (χ1) is 11.5. The van der Waals surface area contributed by atoms with E-state index in [0.717, 1.165) is 17.0 Å². The lowest BCUT2D eigenvalue weighted by molar-refractivity contribution is -0.111. The second kappa shape index (κ2) is 8.44. The van der Waals surface area contributed by atoms with Crippen LogP contribution in [0.4, 0.5) is 5.13 Å². The largest absolute Gasteiger partial charge is 0.497 e. The van der Waals surface area contributed by atoms with Crippen molar-refractivity contribution in [3.05, 3.63) is 34.8 Å². The molecule has 1 aromatic carbocycles. The molecule has 0 saturated carbocycles. The van der Waals surface area contributed by atoms with Crippen LogP contribution in [-0.4, -0.2) is 30.3 Å². The van der Waals surface area contributed by atoms with Crippen molar-refractivity contribution < 1.29 is 14.3 Å². The van der Waals surface area contributed by atoms with Crippen LogP contribution in [0.15, 0.2) is 24.3 Å². The zero-order chi connectivity index (χ0) is 17.5. The van der Waals surface area contributed by atoms with E-state index in [1.54, 1.807) is 38.5 Å². The van der Waals surface area contributed by atoms with Gasteiger partial charge in [0, 0.05) is 18.1 Å². The maximum atomic E-state index is 12.0. The molecule has 1 heterocycles. The van der Waals surface area contributed by atoms with Gasteiger partial charge in [-0.25, -0.2) is 0 Å². The summed E-state index contributed by atoms with van der Waals surface area (Å²) in [4.78, 5) is 12.0. The van der Waals surface area contributed by atoms with Gasteiger partial charge in [0.15, 0.2) is 0 Å². The molecule has 0 fully saturated rings. The average molecular weight is 347 g/mol. The van der Waals surface area contributed by atoms with Crippen molar-refractivity contribution in [2.24, 2.45) is 5.92 Å². The molecule has 24 heavy (non-hydrogen) atoms. The third-order valence-corrected chi connectivity index (χ3v) is 3.99. The van der Waals surface area contributed by atoms with Crippen LogP contribution in [0.25, 0.3) is 6.08 Å². The fraction of sp³-hybridized carbons (Fsp3) is 0.353. The fourth-order valence-corrected chi connectivity index (χ4v) is 2.97. The average Bonchev–Trinajstić information content (AvgIpc) is 2.98. The number of anilines is 1. The summed E-state index contributed by atoms with van der Waals surface area (Å²) in [5, 5.41) is 12.2. The van der Waals surface area contributed by atoms with Gasteiger partial charge in [-0.15, -0.1) is 10.2 Å². The summed E-state index contributed by atoms with van der Waals surface area (Å²) in [6.07, 6.45) is 3.96. The molecule has 0 aliphatic heterocycles. The summed E-state index contributed by atoms with van der Waals surface area (Å²) >= 11 is 1.39. The molecule has 0 aliphatic carbocycles. The molecule has 1 aromatic heterocycles. The molecule has 0 atom stereocenters. The number of amides is 1. The molecule has 0 unspecified atom stereocenters. The first kappa shape index (κ1) is 17.9. The van der Waals surface area contributed by atoms with Gasteiger partial charge in [-0.2, -0.15) is 0 Å². The van der Waals surface area contributed by atoms with Gasteiger partial charge in [0.05, 0.1) is 14.2 Å². The van der Waals surface area contributed by atoms with Crippen LogP contribution in [0.3, 0.4) is 0 Å². The molecule has 128 valence electrons. The standard InChI is InChI=1S/C17H21N3O3S/c1-11(2)9-16-19-20-17(24-16)18-15(21)8-5-12-10-13(22-3)6-7-14(12)23-4/h5-8,10-11H,9H2,1-4H3,(H,18,20,21)/b8-5+. The summed E-state index contributed by atoms with van der Waals surface area (Å²) in [5.74, 6) is 1.59. The van der Waals surface area contributed by atoms with Gasteiger partial charge in [-0.05, 0) is 30.2 Å². The number of ether oxygens (including phenoxy) is 2. The minimum Gasteiger partial charge on any atom is -0.497 e. The number of benzene rings is 1. The van der Waals surface area contributed by atoms with Gasteiger partial charge in [-0.1, -0.05) is 25.2 Å². The molecule has 0 radical (unpaired) electrons. The summed E-state index contributed by atoms with van der Waals surface area (Å²) in [6, 6.07) is 5.39. The predicted molar refractivity (Wildman–Crippen MR) is 95.7 cm³/mol. The summed E-state index contributed by atoms with van der Waals surface area (Å²) < 4.78 is 10.5. The van der Waals surface area contributed by atoms with Crippen LogP contribution >= 0.6 is 11.3 Å². The fourth-order valence-electron chi connectivity index (χ4n) is 2.02. The van der Waals surface area contributed by atoms with E-state index in [0.29, 0.717) is 22.5 Å². The van der Waals surface area contributed by atoms with Crippen molar-refractivity contribution in [2.75, 3.05) is 19.5 Å². The third kappa shape index (κ3) is 5.06. The Kier molecular flexibility index (Phi) is 6.31. The van der Waals surface area contributed by atoms with E-state index in [1.807, 2.05) is 0 Å². The molecule has 0 aliphatic rings. The van der Waals surface area contributed by atoms with Crippen LogP contribution in [0, 0.1) is 5.92 Å². The quantitative estimate of drug-likeness (QED) is 0.777. The lowest BCUT2D eigenvalue weighted by atomic mass is 10.1. The molecule has 6 nitrogen and oxygen atoms in total. The highest BCUT2D eigenvalue weighted by Crippen LogP contribution is 2.25. The Morgan fingerprint density at radius 1 is 1.29 bits per heavy atom. The van der Waals surface area contributed by atoms with Gasteiger partial charge >= 0.3 is 0 Å². The van der Waals surface area contributed by atoms with E-state index in [-0.39, 0.29) is 5.91 Å². The minimum absolute atomic E-state index is 0.271. The van der Waals surface area contributed by atoms with Gasteiger partial charge in [0.2, 0.25) is 11.0 Å². The van der Waals surface area contributed by atoms with Crippen molar-refractivity contribution in [3.8, 4) is 11.5 Å². The molecular weight excluding hydrogens is 326 g/mol. The van der Waals surface area contributed by atoms with E-state index in [1.165, 1.54) is 17.4 Å². The number of methoxy groups -OCH3 is 2. The molecule has 2 aromatic rings. The number of rotatable bonds is 7. The van der Waals surface area contributed by atoms with Crippen LogP contribution in [0.2, 0.25) is 0 Å². The Hall–Kier alpha value is -2.41. The highest BCUT2D eigenvalue weighted by Gasteiger charge is 2.08. The van der Waals surface area contributed by atoms with Crippen molar-refractivity contribution in [2.45, 2.75) is 20.3 Å². The van der Waals surface area contributed by atoms with Crippen LogP contribution in [0.5, 0.6) is 11.5 Å². The zero-order valence-corrected chi connectivity index (χ0v) is 15.0. The van der Waals surface area contributed by atoms with E-state index in [4.69, 9.17) is 9.47 Å². The minimum atomic E-state index is -0.271. The molecule has 0 spiro atoms. The van der Waals surface area contributed by atoms with E-state index < -0.39 is 0 Å². The number of hydrogen-bond donors (Lipinski definition) is 1.